The Labute approximate surface area is 216 Å². The molecule has 1 N–H and O–H groups in total. The molecule has 202 valence electrons. The van der Waals surface area contributed by atoms with Gasteiger partial charge in [0.2, 0.25) is 0 Å². The van der Waals surface area contributed by atoms with Crippen LogP contribution >= 0.6 is 0 Å². The summed E-state index contributed by atoms with van der Waals surface area (Å²) in [6.45, 7) is 7.42. The first-order valence-electron chi connectivity index (χ1n) is 12.2. The first-order chi connectivity index (χ1) is 17.7. The summed E-state index contributed by atoms with van der Waals surface area (Å²) in [7, 11) is 1.48. The molecule has 0 bridgehead atoms. The smallest absolute Gasteiger partial charge is 0.342 e. The molecule has 0 radical (unpaired) electrons. The molecule has 0 aromatic heterocycles. The Balaban J connectivity index is 2.08. The molecule has 1 aromatic rings. The van der Waals surface area contributed by atoms with Crippen LogP contribution in [0.15, 0.2) is 35.5 Å². The summed E-state index contributed by atoms with van der Waals surface area (Å²) in [5.74, 6) is -1.02. The monoisotopic (exact) mass is 517 g/mol. The number of aliphatic hydroxyl groups is 1. The van der Waals surface area contributed by atoms with E-state index in [2.05, 4.69) is 10.0 Å². The van der Waals surface area contributed by atoms with Crippen molar-refractivity contribution in [1.29, 1.82) is 0 Å². The van der Waals surface area contributed by atoms with Crippen molar-refractivity contribution in [2.24, 2.45) is 11.0 Å². The molecular weight excluding hydrogens is 482 g/mol. The lowest BCUT2D eigenvalue weighted by molar-refractivity contribution is -0.152. The summed E-state index contributed by atoms with van der Waals surface area (Å²) in [6, 6.07) is 3.27. The number of fused-ring (bicyclic) bond motifs is 2. The molecule has 1 unspecified atom stereocenters. The molecule has 5 atom stereocenters. The Morgan fingerprint density at radius 3 is 2.68 bits per heavy atom. The lowest BCUT2D eigenvalue weighted by atomic mass is 9.98. The van der Waals surface area contributed by atoms with Crippen molar-refractivity contribution >= 4 is 12.0 Å². The summed E-state index contributed by atoms with van der Waals surface area (Å²) in [6.07, 6.45) is 4.95. The third kappa shape index (κ3) is 7.47. The van der Waals surface area contributed by atoms with E-state index in [1.807, 2.05) is 13.0 Å². The molecule has 37 heavy (non-hydrogen) atoms. The van der Waals surface area contributed by atoms with Crippen molar-refractivity contribution in [2.45, 2.75) is 64.3 Å². The molecule has 2 aliphatic rings. The lowest BCUT2D eigenvalue weighted by Gasteiger charge is -2.23. The lowest BCUT2D eigenvalue weighted by Crippen LogP contribution is -2.34. The van der Waals surface area contributed by atoms with Crippen LogP contribution in [0.1, 0.15) is 50.0 Å². The van der Waals surface area contributed by atoms with Gasteiger partial charge in [-0.2, -0.15) is 0 Å². The molecule has 0 spiro atoms. The van der Waals surface area contributed by atoms with Gasteiger partial charge in [-0.25, -0.2) is 4.79 Å². The zero-order chi connectivity index (χ0) is 27.0. The van der Waals surface area contributed by atoms with Gasteiger partial charge in [-0.1, -0.05) is 36.3 Å². The maximum atomic E-state index is 13.5. The fraction of sp³-hybridized carbons (Fsp3) is 0.577. The number of carbonyl (C=O) groups excluding carboxylic acids is 1. The second-order valence-corrected chi connectivity index (χ2v) is 9.33. The first kappa shape index (κ1) is 28.5. The molecule has 1 fully saturated rings. The van der Waals surface area contributed by atoms with Gasteiger partial charge in [0.1, 0.15) is 35.4 Å². The summed E-state index contributed by atoms with van der Waals surface area (Å²) in [5, 5.41) is 14.3. The van der Waals surface area contributed by atoms with E-state index in [1.165, 1.54) is 7.11 Å². The average Bonchev–Trinajstić information content (AvgIpc) is 3.17. The van der Waals surface area contributed by atoms with Crippen LogP contribution in [0.5, 0.6) is 11.5 Å². The number of benzene rings is 1. The Morgan fingerprint density at radius 1 is 1.19 bits per heavy atom. The molecule has 2 aliphatic heterocycles. The van der Waals surface area contributed by atoms with Gasteiger partial charge < -0.3 is 33.5 Å². The average molecular weight is 518 g/mol. The van der Waals surface area contributed by atoms with Gasteiger partial charge in [-0.15, -0.1) is 0 Å². The summed E-state index contributed by atoms with van der Waals surface area (Å²) < 4.78 is 34.4. The predicted molar refractivity (Wildman–Crippen MR) is 135 cm³/mol. The van der Waals surface area contributed by atoms with Gasteiger partial charge in [-0.05, 0) is 44.9 Å². The highest BCUT2D eigenvalue weighted by Crippen LogP contribution is 2.36. The summed E-state index contributed by atoms with van der Waals surface area (Å²) >= 11 is 0. The standard InChI is InChI=1S/C26H35N3O8/c1-16-9-10-19(30)24-22(36-26(3,4)37-24)8-6-7-18-20(33-14-13-28-29-27)11-12-21(34-15-32-5)23(18)25(31)35-17(16)2/h6-7,9-12,16-17,19,22,24,30H,8,13-15H2,1-5H3/b7-6+,10-9-/t16-,17+,19?,22+,24-/m1/s1. The zero-order valence-corrected chi connectivity index (χ0v) is 21.8. The number of aliphatic hydroxyl groups excluding tert-OH is 1. The molecular formula is C26H35N3O8. The number of ether oxygens (including phenoxy) is 6. The van der Waals surface area contributed by atoms with E-state index in [1.54, 1.807) is 51.1 Å². The second kappa shape index (κ2) is 12.9. The van der Waals surface area contributed by atoms with Crippen LogP contribution < -0.4 is 9.47 Å². The number of methoxy groups -OCH3 is 1. The van der Waals surface area contributed by atoms with Crippen LogP contribution in [0.2, 0.25) is 0 Å². The van der Waals surface area contributed by atoms with Crippen molar-refractivity contribution in [2.75, 3.05) is 27.1 Å². The molecule has 0 aliphatic carbocycles. The van der Waals surface area contributed by atoms with Crippen molar-refractivity contribution < 1.29 is 38.3 Å². The van der Waals surface area contributed by atoms with Gasteiger partial charge >= 0.3 is 5.97 Å². The number of cyclic esters (lactones) is 1. The molecule has 1 saturated heterocycles. The van der Waals surface area contributed by atoms with E-state index in [4.69, 9.17) is 34.0 Å². The maximum Gasteiger partial charge on any atom is 0.342 e. The minimum atomic E-state index is -0.908. The third-order valence-corrected chi connectivity index (χ3v) is 6.07. The topological polar surface area (TPSA) is 141 Å². The quantitative estimate of drug-likeness (QED) is 0.107. The largest absolute Gasteiger partial charge is 0.493 e. The number of hydrogen-bond acceptors (Lipinski definition) is 9. The second-order valence-electron chi connectivity index (χ2n) is 9.33. The number of esters is 1. The first-order valence-corrected chi connectivity index (χ1v) is 12.2. The molecule has 2 heterocycles. The van der Waals surface area contributed by atoms with E-state index in [9.17, 15) is 9.90 Å². The Hall–Kier alpha value is -3.08. The van der Waals surface area contributed by atoms with Crippen molar-refractivity contribution in [3.63, 3.8) is 0 Å². The van der Waals surface area contributed by atoms with Gasteiger partial charge in [0.25, 0.3) is 0 Å². The minimum Gasteiger partial charge on any atom is -0.493 e. The summed E-state index contributed by atoms with van der Waals surface area (Å²) in [5.41, 5.74) is 9.17. The molecule has 0 amide bonds. The van der Waals surface area contributed by atoms with E-state index in [0.717, 1.165) is 0 Å². The SMILES string of the molecule is COCOc1ccc(OCCN=[N+]=[N-])c2c1C(=O)O[C@@H](C)[C@H](C)/C=C\C(O)[C@H]1OC(C)(C)O[C@H]1C/C=C/2. The van der Waals surface area contributed by atoms with Gasteiger partial charge in [0.15, 0.2) is 12.6 Å². The van der Waals surface area contributed by atoms with E-state index in [-0.39, 0.29) is 37.2 Å². The van der Waals surface area contributed by atoms with Crippen LogP contribution in [-0.2, 0) is 18.9 Å². The molecule has 3 rings (SSSR count). The third-order valence-electron chi connectivity index (χ3n) is 6.07. The van der Waals surface area contributed by atoms with E-state index < -0.39 is 36.2 Å². The Bertz CT molecular complexity index is 1050. The Kier molecular flexibility index (Phi) is 9.96. The van der Waals surface area contributed by atoms with Crippen molar-refractivity contribution in [3.05, 3.63) is 51.9 Å². The van der Waals surface area contributed by atoms with Crippen LogP contribution in [0.3, 0.4) is 0 Å². The highest BCUT2D eigenvalue weighted by atomic mass is 16.8. The number of carbonyl (C=O) groups is 1. The molecule has 1 aromatic carbocycles. The number of azide groups is 1. The van der Waals surface area contributed by atoms with Crippen LogP contribution in [-0.4, -0.2) is 68.3 Å². The zero-order valence-electron chi connectivity index (χ0n) is 21.8. The maximum absolute atomic E-state index is 13.5. The number of nitrogens with zero attached hydrogens (tertiary/aromatic N) is 3. The number of hydrogen-bond donors (Lipinski definition) is 1. The highest BCUT2D eigenvalue weighted by molar-refractivity contribution is 5.98. The highest BCUT2D eigenvalue weighted by Gasteiger charge is 2.43. The normalized spacial score (nSPS) is 29.0. The van der Waals surface area contributed by atoms with Gasteiger partial charge in [0.05, 0.1) is 19.3 Å². The predicted octanol–water partition coefficient (Wildman–Crippen LogP) is 4.39. The minimum absolute atomic E-state index is 0.0723. The van der Waals surface area contributed by atoms with Crippen molar-refractivity contribution in [3.8, 4) is 11.5 Å². The van der Waals surface area contributed by atoms with Gasteiger partial charge in [-0.3, -0.25) is 0 Å². The van der Waals surface area contributed by atoms with Crippen LogP contribution in [0, 0.1) is 5.92 Å². The fourth-order valence-corrected chi connectivity index (χ4v) is 4.11. The van der Waals surface area contributed by atoms with Gasteiger partial charge in [0, 0.05) is 23.5 Å². The van der Waals surface area contributed by atoms with Crippen LogP contribution in [0.25, 0.3) is 16.5 Å². The molecule has 0 saturated carbocycles. The van der Waals surface area contributed by atoms with E-state index in [0.29, 0.717) is 17.7 Å². The molecule has 11 heteroatoms. The summed E-state index contributed by atoms with van der Waals surface area (Å²) in [4.78, 5) is 16.2. The van der Waals surface area contributed by atoms with Crippen LogP contribution in [0.4, 0.5) is 0 Å². The fourth-order valence-electron chi connectivity index (χ4n) is 4.11. The van der Waals surface area contributed by atoms with E-state index >= 15 is 0 Å². The molecule has 11 nitrogen and oxygen atoms in total. The number of rotatable bonds is 7. The van der Waals surface area contributed by atoms with Crippen molar-refractivity contribution in [1.82, 2.24) is 0 Å². The Morgan fingerprint density at radius 2 is 1.95 bits per heavy atom.